The highest BCUT2D eigenvalue weighted by Crippen LogP contribution is 2.46. The summed E-state index contributed by atoms with van der Waals surface area (Å²) in [6, 6.07) is 0.958. The molecule has 2 bridgehead atoms. The number of piperazine rings is 1. The summed E-state index contributed by atoms with van der Waals surface area (Å²) in [4.78, 5) is 16.4. The van der Waals surface area contributed by atoms with Crippen molar-refractivity contribution in [2.75, 3.05) is 43.4 Å². The number of fused-ring (bicyclic) bond motifs is 4. The standard InChI is InChI=1S/C29H29ClF7N7O/c30-16-9-15-22(21(32)19(16)23-20(29(35,36)37)17(31)10-18(38)39-23)40-26(45-13-27-4-1-7-44(27)8-2-5-27)41-24(15)43-11-14-3-6-28(12-43,42-14)25(33)34/h9-10,14,25,42H,1-8,11-13H2,(H2,38,39). The second-order valence-corrected chi connectivity index (χ2v) is 12.9. The van der Waals surface area contributed by atoms with Crippen LogP contribution in [0.3, 0.4) is 0 Å². The van der Waals surface area contributed by atoms with E-state index in [4.69, 9.17) is 22.1 Å². The van der Waals surface area contributed by atoms with Crippen molar-refractivity contribution in [1.29, 1.82) is 0 Å². The van der Waals surface area contributed by atoms with E-state index in [-0.39, 0.29) is 54.9 Å². The number of ether oxygens (including phenoxy) is 1. The Balaban J connectivity index is 1.40. The molecule has 4 saturated heterocycles. The molecule has 6 heterocycles. The predicted molar refractivity (Wildman–Crippen MR) is 152 cm³/mol. The summed E-state index contributed by atoms with van der Waals surface area (Å²) in [6.45, 7) is 2.08. The summed E-state index contributed by atoms with van der Waals surface area (Å²) in [5.74, 6) is -3.66. The maximum Gasteiger partial charge on any atom is 0.421 e. The molecule has 242 valence electrons. The minimum atomic E-state index is -5.27. The molecule has 4 fully saturated rings. The minimum Gasteiger partial charge on any atom is -0.461 e. The Morgan fingerprint density at radius 1 is 1.09 bits per heavy atom. The second kappa shape index (κ2) is 10.7. The summed E-state index contributed by atoms with van der Waals surface area (Å²) in [7, 11) is 0. The third kappa shape index (κ3) is 5.01. The van der Waals surface area contributed by atoms with E-state index in [9.17, 15) is 26.3 Å². The maximum absolute atomic E-state index is 16.5. The van der Waals surface area contributed by atoms with Gasteiger partial charge in [0.15, 0.2) is 5.82 Å². The number of alkyl halides is 5. The SMILES string of the molecule is Nc1cc(F)c(C(F)(F)F)c(-c2c(Cl)cc3c(N4CC5CCC(C(F)F)(C4)N5)nc(OCC45CCCN4CCC5)nc3c2F)n1. The van der Waals surface area contributed by atoms with Gasteiger partial charge in [0.25, 0.3) is 6.43 Å². The summed E-state index contributed by atoms with van der Waals surface area (Å²) < 4.78 is 108. The topological polar surface area (TPSA) is 92.4 Å². The summed E-state index contributed by atoms with van der Waals surface area (Å²) in [5.41, 5.74) is -0.532. The molecule has 0 saturated carbocycles. The lowest BCUT2D eigenvalue weighted by atomic mass is 9.95. The lowest BCUT2D eigenvalue weighted by Crippen LogP contribution is -2.63. The molecule has 2 unspecified atom stereocenters. The van der Waals surface area contributed by atoms with Crippen LogP contribution in [0.2, 0.25) is 5.02 Å². The molecule has 2 aromatic heterocycles. The van der Waals surface area contributed by atoms with Gasteiger partial charge in [-0.15, -0.1) is 0 Å². The number of pyridine rings is 1. The molecular weight excluding hydrogens is 631 g/mol. The lowest BCUT2D eigenvalue weighted by Gasteiger charge is -2.41. The highest BCUT2D eigenvalue weighted by molar-refractivity contribution is 6.34. The molecule has 0 aliphatic carbocycles. The molecule has 0 radical (unpaired) electrons. The van der Waals surface area contributed by atoms with Crippen molar-refractivity contribution < 1.29 is 35.5 Å². The fourth-order valence-electron chi connectivity index (χ4n) is 7.64. The number of hydrogen-bond acceptors (Lipinski definition) is 8. The first-order valence-corrected chi connectivity index (χ1v) is 15.1. The number of rotatable bonds is 6. The highest BCUT2D eigenvalue weighted by Gasteiger charge is 2.51. The van der Waals surface area contributed by atoms with Crippen molar-refractivity contribution >= 4 is 34.1 Å². The van der Waals surface area contributed by atoms with Crippen LogP contribution in [-0.4, -0.2) is 76.2 Å². The van der Waals surface area contributed by atoms with Crippen molar-refractivity contribution in [2.24, 2.45) is 0 Å². The van der Waals surface area contributed by atoms with Crippen LogP contribution in [-0.2, 0) is 6.18 Å². The van der Waals surface area contributed by atoms with Gasteiger partial charge in [0.05, 0.1) is 27.4 Å². The summed E-state index contributed by atoms with van der Waals surface area (Å²) in [6.07, 6.45) is -3.57. The van der Waals surface area contributed by atoms with Gasteiger partial charge in [0.1, 0.15) is 35.1 Å². The van der Waals surface area contributed by atoms with Gasteiger partial charge in [0, 0.05) is 30.6 Å². The van der Waals surface area contributed by atoms with Gasteiger partial charge >= 0.3 is 12.2 Å². The molecule has 45 heavy (non-hydrogen) atoms. The van der Waals surface area contributed by atoms with Crippen LogP contribution in [0.4, 0.5) is 42.4 Å². The zero-order valence-electron chi connectivity index (χ0n) is 23.8. The van der Waals surface area contributed by atoms with Gasteiger partial charge in [-0.2, -0.15) is 23.1 Å². The predicted octanol–water partition coefficient (Wildman–Crippen LogP) is 5.81. The first kappa shape index (κ1) is 30.5. The van der Waals surface area contributed by atoms with E-state index in [1.165, 1.54) is 0 Å². The van der Waals surface area contributed by atoms with Gasteiger partial charge in [-0.1, -0.05) is 11.6 Å². The molecule has 4 aliphatic rings. The fraction of sp³-hybridized carbons (Fsp3) is 0.552. The Morgan fingerprint density at radius 2 is 1.82 bits per heavy atom. The molecule has 8 nitrogen and oxygen atoms in total. The number of nitrogen functional groups attached to an aromatic ring is 1. The number of anilines is 2. The van der Waals surface area contributed by atoms with Crippen LogP contribution in [0.1, 0.15) is 44.1 Å². The first-order valence-electron chi connectivity index (χ1n) is 14.7. The average molecular weight is 660 g/mol. The third-order valence-electron chi connectivity index (χ3n) is 9.70. The maximum atomic E-state index is 16.5. The molecule has 16 heteroatoms. The number of nitrogens with two attached hydrogens (primary N) is 1. The van der Waals surface area contributed by atoms with Crippen molar-refractivity contribution in [3.8, 4) is 17.3 Å². The molecular formula is C29H29ClF7N7O. The molecule has 3 aromatic rings. The summed E-state index contributed by atoms with van der Waals surface area (Å²) in [5, 5.41) is 2.43. The van der Waals surface area contributed by atoms with E-state index in [0.717, 1.165) is 44.8 Å². The van der Waals surface area contributed by atoms with Crippen molar-refractivity contribution in [3.05, 3.63) is 34.4 Å². The van der Waals surface area contributed by atoms with Crippen LogP contribution in [0, 0.1) is 11.6 Å². The van der Waals surface area contributed by atoms with Gasteiger partial charge in [-0.05, 0) is 57.7 Å². The molecule has 3 N–H and O–H groups in total. The molecule has 7 rings (SSSR count). The van der Waals surface area contributed by atoms with Crippen molar-refractivity contribution in [2.45, 2.75) is 68.2 Å². The summed E-state index contributed by atoms with van der Waals surface area (Å²) >= 11 is 6.42. The number of hydrogen-bond donors (Lipinski definition) is 2. The van der Waals surface area contributed by atoms with Gasteiger partial charge in [-0.3, -0.25) is 4.90 Å². The van der Waals surface area contributed by atoms with E-state index in [1.807, 2.05) is 0 Å². The fourth-order valence-corrected chi connectivity index (χ4v) is 7.92. The van der Waals surface area contributed by atoms with Crippen LogP contribution < -0.4 is 20.7 Å². The van der Waals surface area contributed by atoms with E-state index in [2.05, 4.69) is 25.2 Å². The number of aromatic nitrogens is 3. The van der Waals surface area contributed by atoms with E-state index >= 15 is 4.39 Å². The Kier molecular flexibility index (Phi) is 7.24. The van der Waals surface area contributed by atoms with Crippen LogP contribution in [0.5, 0.6) is 6.01 Å². The Morgan fingerprint density at radius 3 is 2.51 bits per heavy atom. The van der Waals surface area contributed by atoms with Gasteiger partial charge in [-0.25, -0.2) is 22.5 Å². The Labute approximate surface area is 258 Å². The molecule has 4 aliphatic heterocycles. The lowest BCUT2D eigenvalue weighted by molar-refractivity contribution is -0.139. The zero-order chi connectivity index (χ0) is 31.9. The van der Waals surface area contributed by atoms with Crippen LogP contribution in [0.15, 0.2) is 12.1 Å². The second-order valence-electron chi connectivity index (χ2n) is 12.4. The minimum absolute atomic E-state index is 0.0289. The zero-order valence-corrected chi connectivity index (χ0v) is 24.6. The largest absolute Gasteiger partial charge is 0.461 e. The normalized spacial score (nSPS) is 24.6. The molecule has 0 spiro atoms. The number of halogens is 8. The van der Waals surface area contributed by atoms with E-state index < -0.39 is 63.0 Å². The van der Waals surface area contributed by atoms with Crippen LogP contribution >= 0.6 is 11.6 Å². The van der Waals surface area contributed by atoms with Crippen molar-refractivity contribution in [1.82, 2.24) is 25.2 Å². The highest BCUT2D eigenvalue weighted by atomic mass is 35.5. The number of nitrogens with one attached hydrogen (secondary N) is 1. The Hall–Kier alpha value is -3.17. The van der Waals surface area contributed by atoms with Gasteiger partial charge in [0.2, 0.25) is 0 Å². The third-order valence-corrected chi connectivity index (χ3v) is 9.99. The number of nitrogens with zero attached hydrogens (tertiary/aromatic N) is 5. The quantitative estimate of drug-likeness (QED) is 0.321. The first-order chi connectivity index (χ1) is 21.3. The Bertz CT molecular complexity index is 1660. The van der Waals surface area contributed by atoms with Crippen molar-refractivity contribution in [3.63, 3.8) is 0 Å². The average Bonchev–Trinajstić information content (AvgIpc) is 3.63. The molecule has 0 amide bonds. The van der Waals surface area contributed by atoms with Gasteiger partial charge < -0.3 is 20.7 Å². The van der Waals surface area contributed by atoms with Crippen LogP contribution in [0.25, 0.3) is 22.2 Å². The monoisotopic (exact) mass is 659 g/mol. The number of benzene rings is 1. The van der Waals surface area contributed by atoms with E-state index in [1.54, 1.807) is 4.90 Å². The van der Waals surface area contributed by atoms with E-state index in [0.29, 0.717) is 12.5 Å². The smallest absolute Gasteiger partial charge is 0.421 e. The molecule has 2 atom stereocenters. The molecule has 1 aromatic carbocycles.